The summed E-state index contributed by atoms with van der Waals surface area (Å²) >= 11 is 0. The van der Waals surface area contributed by atoms with Gasteiger partial charge in [-0.2, -0.15) is 0 Å². The zero-order valence-corrected chi connectivity index (χ0v) is 12.2. The van der Waals surface area contributed by atoms with Gasteiger partial charge in [-0.05, 0) is 48.5 Å². The molecule has 112 valence electrons. The average Bonchev–Trinajstić information content (AvgIpc) is 2.48. The molecule has 2 aromatic rings. The molecule has 5 nitrogen and oxygen atoms in total. The highest BCUT2D eigenvalue weighted by Gasteiger charge is 2.06. The summed E-state index contributed by atoms with van der Waals surface area (Å²) < 4.78 is 0. The van der Waals surface area contributed by atoms with Crippen LogP contribution >= 0.6 is 0 Å². The zero-order chi connectivity index (χ0) is 15.7. The predicted molar refractivity (Wildman–Crippen MR) is 81.7 cm³/mol. The molecular weight excluding hydrogens is 268 g/mol. The molecule has 0 unspecified atom stereocenters. The van der Waals surface area contributed by atoms with E-state index in [1.165, 1.54) is 5.56 Å². The van der Waals surface area contributed by atoms with Crippen LogP contribution in [0.3, 0.4) is 0 Å². The van der Waals surface area contributed by atoms with Gasteiger partial charge in [-0.3, -0.25) is 9.78 Å². The van der Waals surface area contributed by atoms with Crippen molar-refractivity contribution in [3.63, 3.8) is 0 Å². The summed E-state index contributed by atoms with van der Waals surface area (Å²) in [4.78, 5) is 14.5. The molecular formula is C16H20N2O3. The number of pyridine rings is 1. The van der Waals surface area contributed by atoms with Crippen LogP contribution in [0.15, 0.2) is 42.7 Å². The number of hydrogen-bond acceptors (Lipinski definition) is 4. The highest BCUT2D eigenvalue weighted by molar-refractivity contribution is 5.67. The quantitative estimate of drug-likeness (QED) is 0.842. The van der Waals surface area contributed by atoms with Crippen LogP contribution in [-0.4, -0.2) is 40.7 Å². The van der Waals surface area contributed by atoms with E-state index in [0.717, 1.165) is 23.2 Å². The smallest absolute Gasteiger partial charge is 0.290 e. The minimum Gasteiger partial charge on any atom is -0.483 e. The van der Waals surface area contributed by atoms with Gasteiger partial charge in [0, 0.05) is 18.9 Å². The first-order chi connectivity index (χ1) is 10.1. The first-order valence-corrected chi connectivity index (χ1v) is 6.48. The summed E-state index contributed by atoms with van der Waals surface area (Å²) in [6, 6.07) is 10.2. The molecule has 2 rings (SSSR count). The first-order valence-electron chi connectivity index (χ1n) is 6.48. The number of carbonyl (C=O) groups is 1. The number of aromatic nitrogens is 1. The van der Waals surface area contributed by atoms with Crippen LogP contribution in [-0.2, 0) is 17.9 Å². The summed E-state index contributed by atoms with van der Waals surface area (Å²) in [6.45, 7) is 0.683. The van der Waals surface area contributed by atoms with Gasteiger partial charge in [0.05, 0.1) is 6.61 Å². The third-order valence-electron chi connectivity index (χ3n) is 2.83. The molecule has 0 aliphatic rings. The topological polar surface area (TPSA) is 73.7 Å². The van der Waals surface area contributed by atoms with Gasteiger partial charge in [-0.1, -0.05) is 18.2 Å². The fourth-order valence-corrected chi connectivity index (χ4v) is 2.05. The Morgan fingerprint density at radius 2 is 1.81 bits per heavy atom. The summed E-state index contributed by atoms with van der Waals surface area (Å²) in [6.07, 6.45) is 3.54. The number of rotatable bonds is 4. The van der Waals surface area contributed by atoms with E-state index in [1.54, 1.807) is 12.4 Å². The zero-order valence-electron chi connectivity index (χ0n) is 12.2. The molecule has 1 heterocycles. The van der Waals surface area contributed by atoms with Crippen molar-refractivity contribution in [3.05, 3.63) is 53.9 Å². The molecule has 21 heavy (non-hydrogen) atoms. The Labute approximate surface area is 124 Å². The van der Waals surface area contributed by atoms with Gasteiger partial charge in [-0.15, -0.1) is 0 Å². The largest absolute Gasteiger partial charge is 0.483 e. The maximum absolute atomic E-state index is 9.51. The maximum Gasteiger partial charge on any atom is 0.290 e. The molecule has 0 fully saturated rings. The average molecular weight is 288 g/mol. The Morgan fingerprint density at radius 3 is 2.33 bits per heavy atom. The third-order valence-corrected chi connectivity index (χ3v) is 2.83. The Hall–Kier alpha value is -2.24. The lowest BCUT2D eigenvalue weighted by atomic mass is 9.98. The van der Waals surface area contributed by atoms with Crippen molar-refractivity contribution in [3.8, 4) is 11.1 Å². The minimum atomic E-state index is -0.250. The van der Waals surface area contributed by atoms with E-state index < -0.39 is 0 Å². The fraction of sp³-hybridized carbons (Fsp3) is 0.250. The van der Waals surface area contributed by atoms with Crippen LogP contribution in [0.25, 0.3) is 11.1 Å². The van der Waals surface area contributed by atoms with E-state index in [9.17, 15) is 5.11 Å². The lowest BCUT2D eigenvalue weighted by molar-refractivity contribution is -0.122. The van der Waals surface area contributed by atoms with Crippen molar-refractivity contribution in [1.29, 1.82) is 0 Å². The first kappa shape index (κ1) is 16.8. The van der Waals surface area contributed by atoms with Crippen molar-refractivity contribution >= 4 is 6.47 Å². The monoisotopic (exact) mass is 288 g/mol. The number of hydrogen-bond donors (Lipinski definition) is 2. The molecule has 5 heteroatoms. The van der Waals surface area contributed by atoms with Gasteiger partial charge in [0.2, 0.25) is 0 Å². The number of aliphatic hydroxyl groups is 1. The second-order valence-corrected chi connectivity index (χ2v) is 4.73. The second-order valence-electron chi connectivity index (χ2n) is 4.73. The molecule has 0 saturated heterocycles. The van der Waals surface area contributed by atoms with Gasteiger partial charge in [0.1, 0.15) is 0 Å². The Kier molecular flexibility index (Phi) is 7.08. The van der Waals surface area contributed by atoms with Crippen LogP contribution in [0, 0.1) is 0 Å². The molecule has 1 aromatic heterocycles. The number of carboxylic acid groups (broad SMARTS) is 1. The van der Waals surface area contributed by atoms with Crippen molar-refractivity contribution in [1.82, 2.24) is 9.88 Å². The molecule has 0 saturated carbocycles. The minimum absolute atomic E-state index is 0.0545. The SMILES string of the molecule is CN(C)Cc1ccc(-c2ccncc2)c(CO)c1.O=CO. The second kappa shape index (κ2) is 8.84. The summed E-state index contributed by atoms with van der Waals surface area (Å²) in [5.41, 5.74) is 4.33. The van der Waals surface area contributed by atoms with E-state index in [0.29, 0.717) is 0 Å². The van der Waals surface area contributed by atoms with Crippen LogP contribution in [0.2, 0.25) is 0 Å². The molecule has 0 spiro atoms. The van der Waals surface area contributed by atoms with Crippen molar-refractivity contribution < 1.29 is 15.0 Å². The van der Waals surface area contributed by atoms with Gasteiger partial charge in [-0.25, -0.2) is 0 Å². The van der Waals surface area contributed by atoms with Crippen molar-refractivity contribution in [2.45, 2.75) is 13.2 Å². The Balaban J connectivity index is 0.000000677. The van der Waals surface area contributed by atoms with Crippen molar-refractivity contribution in [2.24, 2.45) is 0 Å². The van der Waals surface area contributed by atoms with Gasteiger partial charge in [0.15, 0.2) is 0 Å². The number of aliphatic hydroxyl groups excluding tert-OH is 1. The van der Waals surface area contributed by atoms with E-state index in [4.69, 9.17) is 9.90 Å². The van der Waals surface area contributed by atoms with Gasteiger partial charge >= 0.3 is 0 Å². The standard InChI is InChI=1S/C15H18N2O.CH2O2/c1-17(2)10-12-3-4-15(14(9-12)11-18)13-5-7-16-8-6-13;2-1-3/h3-9,18H,10-11H2,1-2H3;1H,(H,2,3). The van der Waals surface area contributed by atoms with E-state index >= 15 is 0 Å². The van der Waals surface area contributed by atoms with E-state index in [1.807, 2.05) is 26.2 Å². The maximum atomic E-state index is 9.51. The van der Waals surface area contributed by atoms with E-state index in [-0.39, 0.29) is 13.1 Å². The number of benzene rings is 1. The number of nitrogens with zero attached hydrogens (tertiary/aromatic N) is 2. The molecule has 0 atom stereocenters. The molecule has 2 N–H and O–H groups in total. The fourth-order valence-electron chi connectivity index (χ4n) is 2.05. The molecule has 0 amide bonds. The van der Waals surface area contributed by atoms with Crippen LogP contribution in [0.5, 0.6) is 0 Å². The van der Waals surface area contributed by atoms with Crippen LogP contribution < -0.4 is 0 Å². The van der Waals surface area contributed by atoms with Crippen LogP contribution in [0.1, 0.15) is 11.1 Å². The van der Waals surface area contributed by atoms with Crippen molar-refractivity contribution in [2.75, 3.05) is 14.1 Å². The van der Waals surface area contributed by atoms with E-state index in [2.05, 4.69) is 28.1 Å². The molecule has 0 aliphatic heterocycles. The van der Waals surface area contributed by atoms with Gasteiger partial charge < -0.3 is 15.1 Å². The van der Waals surface area contributed by atoms with Crippen LogP contribution in [0.4, 0.5) is 0 Å². The highest BCUT2D eigenvalue weighted by atomic mass is 16.3. The van der Waals surface area contributed by atoms with Gasteiger partial charge in [0.25, 0.3) is 6.47 Å². The lowest BCUT2D eigenvalue weighted by Gasteiger charge is -2.13. The summed E-state index contributed by atoms with van der Waals surface area (Å²) in [7, 11) is 4.07. The summed E-state index contributed by atoms with van der Waals surface area (Å²) in [5, 5.41) is 16.4. The Bertz CT molecular complexity index is 557. The highest BCUT2D eigenvalue weighted by Crippen LogP contribution is 2.24. The molecule has 0 aliphatic carbocycles. The molecule has 1 aromatic carbocycles. The Morgan fingerprint density at radius 1 is 1.19 bits per heavy atom. The molecule has 0 bridgehead atoms. The molecule has 0 radical (unpaired) electrons. The lowest BCUT2D eigenvalue weighted by Crippen LogP contribution is -2.10. The summed E-state index contributed by atoms with van der Waals surface area (Å²) in [5.74, 6) is 0. The third kappa shape index (κ3) is 5.33. The normalized spacial score (nSPS) is 9.90. The predicted octanol–water partition coefficient (Wildman–Crippen LogP) is 2.00.